The number of amides is 2. The van der Waals surface area contributed by atoms with Crippen LogP contribution in [-0.2, 0) is 17.8 Å². The Hall–Kier alpha value is -2.11. The van der Waals surface area contributed by atoms with Gasteiger partial charge in [0.1, 0.15) is 6.04 Å². The number of rotatable bonds is 4. The lowest BCUT2D eigenvalue weighted by Gasteiger charge is -2.32. The van der Waals surface area contributed by atoms with Gasteiger partial charge < -0.3 is 15.3 Å². The van der Waals surface area contributed by atoms with Crippen LogP contribution >= 0.6 is 0 Å². The Morgan fingerprint density at radius 1 is 1.48 bits per heavy atom. The summed E-state index contributed by atoms with van der Waals surface area (Å²) < 4.78 is 0. The first-order chi connectivity index (χ1) is 10.1. The van der Waals surface area contributed by atoms with Crippen molar-refractivity contribution in [3.05, 3.63) is 29.6 Å². The van der Waals surface area contributed by atoms with Crippen LogP contribution < -0.4 is 5.32 Å². The van der Waals surface area contributed by atoms with Crippen LogP contribution in [0.2, 0.25) is 0 Å². The number of carbonyl (C=O) groups excluding carboxylic acids is 1. The number of urea groups is 1. The molecule has 2 amide bonds. The summed E-state index contributed by atoms with van der Waals surface area (Å²) in [4.78, 5) is 29.1. The molecule has 1 aromatic heterocycles. The summed E-state index contributed by atoms with van der Waals surface area (Å²) in [6, 6.07) is 2.81. The van der Waals surface area contributed by atoms with Gasteiger partial charge >= 0.3 is 12.0 Å². The van der Waals surface area contributed by atoms with Gasteiger partial charge in [-0.15, -0.1) is 0 Å². The number of aromatic nitrogens is 1. The predicted octanol–water partition coefficient (Wildman–Crippen LogP) is 1.79. The average Bonchev–Trinajstić information content (AvgIpc) is 2.52. The maximum Gasteiger partial charge on any atom is 0.326 e. The first-order valence-electron chi connectivity index (χ1n) is 7.33. The van der Waals surface area contributed by atoms with Gasteiger partial charge in [-0.05, 0) is 37.3 Å². The summed E-state index contributed by atoms with van der Waals surface area (Å²) in [5.41, 5.74) is 1.92. The van der Waals surface area contributed by atoms with E-state index in [-0.39, 0.29) is 6.03 Å². The van der Waals surface area contributed by atoms with Crippen molar-refractivity contribution in [1.82, 2.24) is 15.2 Å². The third kappa shape index (κ3) is 3.71. The fourth-order valence-corrected chi connectivity index (χ4v) is 2.64. The number of carbonyl (C=O) groups is 2. The van der Waals surface area contributed by atoms with E-state index in [0.717, 1.165) is 30.5 Å². The maximum absolute atomic E-state index is 12.2. The highest BCUT2D eigenvalue weighted by Crippen LogP contribution is 2.17. The van der Waals surface area contributed by atoms with Gasteiger partial charge in [-0.2, -0.15) is 0 Å². The molecule has 0 bridgehead atoms. The highest BCUT2D eigenvalue weighted by Gasteiger charge is 2.31. The quantitative estimate of drug-likeness (QED) is 0.886. The minimum Gasteiger partial charge on any atom is -0.480 e. The van der Waals surface area contributed by atoms with Crippen LogP contribution in [0.3, 0.4) is 0 Å². The van der Waals surface area contributed by atoms with Crippen molar-refractivity contribution >= 4 is 12.0 Å². The molecule has 1 saturated heterocycles. The lowest BCUT2D eigenvalue weighted by Crippen LogP contribution is -2.51. The minimum absolute atomic E-state index is 0.324. The molecule has 2 N–H and O–H groups in total. The smallest absolute Gasteiger partial charge is 0.326 e. The monoisotopic (exact) mass is 291 g/mol. The zero-order valence-corrected chi connectivity index (χ0v) is 12.2. The van der Waals surface area contributed by atoms with E-state index in [1.54, 1.807) is 6.20 Å². The van der Waals surface area contributed by atoms with Crippen LogP contribution in [-0.4, -0.2) is 39.6 Å². The molecule has 6 nitrogen and oxygen atoms in total. The second kappa shape index (κ2) is 7.06. The standard InChI is InChI=1S/C15H21N3O3/c1-2-11-6-5-8-16-12(11)10-17-15(21)18-9-4-3-7-13(18)14(19)20/h5-6,8,13H,2-4,7,9-10H2,1H3,(H,17,21)(H,19,20). The fraction of sp³-hybridized carbons (Fsp3) is 0.533. The Kier molecular flexibility index (Phi) is 5.14. The van der Waals surface area contributed by atoms with Crippen molar-refractivity contribution in [2.24, 2.45) is 0 Å². The van der Waals surface area contributed by atoms with Crippen molar-refractivity contribution in [2.75, 3.05) is 6.54 Å². The van der Waals surface area contributed by atoms with Crippen LogP contribution in [0.25, 0.3) is 0 Å². The largest absolute Gasteiger partial charge is 0.480 e. The van der Waals surface area contributed by atoms with Crippen molar-refractivity contribution in [3.8, 4) is 0 Å². The molecule has 1 aromatic rings. The Morgan fingerprint density at radius 2 is 2.29 bits per heavy atom. The number of carboxylic acid groups (broad SMARTS) is 1. The molecule has 2 heterocycles. The Labute approximate surface area is 124 Å². The first kappa shape index (κ1) is 15.3. The van der Waals surface area contributed by atoms with E-state index >= 15 is 0 Å². The number of piperidine rings is 1. The number of aryl methyl sites for hydroxylation is 1. The summed E-state index contributed by atoms with van der Waals surface area (Å²) >= 11 is 0. The molecule has 6 heteroatoms. The third-order valence-corrected chi connectivity index (χ3v) is 3.82. The van der Waals surface area contributed by atoms with E-state index in [0.29, 0.717) is 19.5 Å². The lowest BCUT2D eigenvalue weighted by atomic mass is 10.0. The van der Waals surface area contributed by atoms with E-state index in [4.69, 9.17) is 0 Å². The highest BCUT2D eigenvalue weighted by molar-refractivity contribution is 5.82. The van der Waals surface area contributed by atoms with Gasteiger partial charge in [0.15, 0.2) is 0 Å². The molecule has 0 radical (unpaired) electrons. The lowest BCUT2D eigenvalue weighted by molar-refractivity contribution is -0.143. The topological polar surface area (TPSA) is 82.5 Å². The Balaban J connectivity index is 1.99. The molecule has 21 heavy (non-hydrogen) atoms. The van der Waals surface area contributed by atoms with E-state index in [9.17, 15) is 14.7 Å². The SMILES string of the molecule is CCc1cccnc1CNC(=O)N1CCCCC1C(=O)O. The number of aliphatic carboxylic acids is 1. The Morgan fingerprint density at radius 3 is 3.00 bits per heavy atom. The number of likely N-dealkylation sites (tertiary alicyclic amines) is 1. The van der Waals surface area contributed by atoms with Gasteiger partial charge in [0.05, 0.1) is 12.2 Å². The fourth-order valence-electron chi connectivity index (χ4n) is 2.64. The van der Waals surface area contributed by atoms with Crippen LogP contribution in [0.5, 0.6) is 0 Å². The Bertz CT molecular complexity index is 519. The summed E-state index contributed by atoms with van der Waals surface area (Å²) in [6.45, 7) is 2.85. The zero-order valence-electron chi connectivity index (χ0n) is 12.2. The minimum atomic E-state index is -0.933. The molecule has 114 valence electrons. The second-order valence-electron chi connectivity index (χ2n) is 5.16. The van der Waals surface area contributed by atoms with E-state index < -0.39 is 12.0 Å². The molecule has 0 spiro atoms. The number of pyridine rings is 1. The molecular formula is C15H21N3O3. The van der Waals surface area contributed by atoms with E-state index in [2.05, 4.69) is 10.3 Å². The molecule has 1 fully saturated rings. The number of carboxylic acids is 1. The van der Waals surface area contributed by atoms with Crippen molar-refractivity contribution in [3.63, 3.8) is 0 Å². The molecule has 1 aliphatic heterocycles. The van der Waals surface area contributed by atoms with Crippen LogP contribution in [0, 0.1) is 0 Å². The molecule has 0 aromatic carbocycles. The van der Waals surface area contributed by atoms with Gasteiger partial charge in [-0.3, -0.25) is 4.98 Å². The average molecular weight is 291 g/mol. The van der Waals surface area contributed by atoms with Crippen molar-refractivity contribution in [2.45, 2.75) is 45.2 Å². The zero-order chi connectivity index (χ0) is 15.2. The summed E-state index contributed by atoms with van der Waals surface area (Å²) in [6.07, 6.45) is 4.76. The van der Waals surface area contributed by atoms with Crippen molar-refractivity contribution in [1.29, 1.82) is 0 Å². The van der Waals surface area contributed by atoms with Crippen molar-refractivity contribution < 1.29 is 14.7 Å². The van der Waals surface area contributed by atoms with Gasteiger partial charge in [-0.1, -0.05) is 13.0 Å². The van der Waals surface area contributed by atoms with E-state index in [1.807, 2.05) is 19.1 Å². The number of hydrogen-bond donors (Lipinski definition) is 2. The second-order valence-corrected chi connectivity index (χ2v) is 5.16. The van der Waals surface area contributed by atoms with E-state index in [1.165, 1.54) is 4.90 Å². The number of nitrogens with one attached hydrogen (secondary N) is 1. The molecular weight excluding hydrogens is 270 g/mol. The number of nitrogens with zero attached hydrogens (tertiary/aromatic N) is 2. The molecule has 1 aliphatic rings. The molecule has 1 atom stereocenters. The highest BCUT2D eigenvalue weighted by atomic mass is 16.4. The van der Waals surface area contributed by atoms with Crippen LogP contribution in [0.1, 0.15) is 37.4 Å². The maximum atomic E-state index is 12.2. The molecule has 1 unspecified atom stereocenters. The molecule has 0 aliphatic carbocycles. The summed E-state index contributed by atoms with van der Waals surface area (Å²) in [5.74, 6) is -0.933. The van der Waals surface area contributed by atoms with Crippen LogP contribution in [0.4, 0.5) is 4.79 Å². The van der Waals surface area contributed by atoms with Gasteiger partial charge in [0.2, 0.25) is 0 Å². The molecule has 0 saturated carbocycles. The predicted molar refractivity (Wildman–Crippen MR) is 77.8 cm³/mol. The summed E-state index contributed by atoms with van der Waals surface area (Å²) in [7, 11) is 0. The van der Waals surface area contributed by atoms with Gasteiger partial charge in [0, 0.05) is 12.7 Å². The van der Waals surface area contributed by atoms with Gasteiger partial charge in [0.25, 0.3) is 0 Å². The van der Waals surface area contributed by atoms with Crippen LogP contribution in [0.15, 0.2) is 18.3 Å². The third-order valence-electron chi connectivity index (χ3n) is 3.82. The van der Waals surface area contributed by atoms with Gasteiger partial charge in [-0.25, -0.2) is 9.59 Å². The summed E-state index contributed by atoms with van der Waals surface area (Å²) in [5, 5.41) is 12.0. The first-order valence-corrected chi connectivity index (χ1v) is 7.33. The normalized spacial score (nSPS) is 18.3. The number of hydrogen-bond acceptors (Lipinski definition) is 3. The molecule has 2 rings (SSSR count).